The van der Waals surface area contributed by atoms with Gasteiger partial charge in [0.15, 0.2) is 0 Å². The van der Waals surface area contributed by atoms with Crippen LogP contribution < -0.4 is 11.1 Å². The summed E-state index contributed by atoms with van der Waals surface area (Å²) in [6.07, 6.45) is 2.81. The minimum absolute atomic E-state index is 0.0861. The van der Waals surface area contributed by atoms with Crippen LogP contribution >= 0.6 is 0 Å². The van der Waals surface area contributed by atoms with Gasteiger partial charge in [0.2, 0.25) is 5.91 Å². The zero-order chi connectivity index (χ0) is 12.8. The molecule has 1 atom stereocenters. The second-order valence-electron chi connectivity index (χ2n) is 3.74. The number of amides is 1. The molecule has 0 radical (unpaired) electrons. The van der Waals surface area contributed by atoms with Gasteiger partial charge in [-0.15, -0.1) is 0 Å². The highest BCUT2D eigenvalue weighted by Gasteiger charge is 2.02. The average molecular weight is 236 g/mol. The van der Waals surface area contributed by atoms with Gasteiger partial charge in [0.05, 0.1) is 6.61 Å². The van der Waals surface area contributed by atoms with Gasteiger partial charge in [-0.3, -0.25) is 4.79 Å². The first-order valence-corrected chi connectivity index (χ1v) is 5.21. The zero-order valence-electron chi connectivity index (χ0n) is 9.55. The van der Waals surface area contributed by atoms with Crippen LogP contribution in [0.4, 0.5) is 5.69 Å². The van der Waals surface area contributed by atoms with Crippen LogP contribution in [0.5, 0.6) is 5.75 Å². The smallest absolute Gasteiger partial charge is 0.244 e. The normalized spacial score (nSPS) is 12.6. The Kier molecular flexibility index (Phi) is 4.54. The van der Waals surface area contributed by atoms with Crippen molar-refractivity contribution in [3.63, 3.8) is 0 Å². The number of aliphatic hydroxyl groups excluding tert-OH is 1. The van der Waals surface area contributed by atoms with Gasteiger partial charge in [-0.2, -0.15) is 0 Å². The SMILES string of the molecule is CC(CO)NC(=O)/C=C/c1cc(O)ccc1N. The molecule has 1 amide bonds. The van der Waals surface area contributed by atoms with Crippen molar-refractivity contribution in [3.8, 4) is 5.75 Å². The van der Waals surface area contributed by atoms with E-state index in [1.807, 2.05) is 0 Å². The lowest BCUT2D eigenvalue weighted by Gasteiger charge is -2.07. The van der Waals surface area contributed by atoms with Crippen molar-refractivity contribution in [2.75, 3.05) is 12.3 Å². The van der Waals surface area contributed by atoms with Gasteiger partial charge in [-0.25, -0.2) is 0 Å². The molecule has 1 aromatic carbocycles. The van der Waals surface area contributed by atoms with Crippen LogP contribution in [0.1, 0.15) is 12.5 Å². The summed E-state index contributed by atoms with van der Waals surface area (Å²) in [5.41, 5.74) is 6.71. The number of hydrogen-bond acceptors (Lipinski definition) is 4. The maximum absolute atomic E-state index is 11.4. The van der Waals surface area contributed by atoms with E-state index in [2.05, 4.69) is 5.32 Å². The number of anilines is 1. The summed E-state index contributed by atoms with van der Waals surface area (Å²) < 4.78 is 0. The number of nitrogens with one attached hydrogen (secondary N) is 1. The molecule has 0 spiro atoms. The third kappa shape index (κ3) is 4.16. The lowest BCUT2D eigenvalue weighted by Crippen LogP contribution is -2.33. The predicted octanol–water partition coefficient (Wildman–Crippen LogP) is 0.485. The van der Waals surface area contributed by atoms with Crippen molar-refractivity contribution >= 4 is 17.7 Å². The van der Waals surface area contributed by atoms with E-state index >= 15 is 0 Å². The van der Waals surface area contributed by atoms with Crippen LogP contribution in [0.25, 0.3) is 6.08 Å². The predicted molar refractivity (Wildman–Crippen MR) is 66.2 cm³/mol. The molecular formula is C12H16N2O3. The van der Waals surface area contributed by atoms with E-state index in [-0.39, 0.29) is 24.3 Å². The molecule has 5 N–H and O–H groups in total. The Morgan fingerprint density at radius 3 is 2.94 bits per heavy atom. The number of carbonyl (C=O) groups excluding carboxylic acids is 1. The van der Waals surface area contributed by atoms with Crippen molar-refractivity contribution in [1.82, 2.24) is 5.32 Å². The number of aromatic hydroxyl groups is 1. The standard InChI is InChI=1S/C12H16N2O3/c1-8(7-15)14-12(17)5-2-9-6-10(16)3-4-11(9)13/h2-6,8,15-16H,7,13H2,1H3,(H,14,17)/b5-2+. The highest BCUT2D eigenvalue weighted by atomic mass is 16.3. The molecule has 0 aromatic heterocycles. The number of aliphatic hydroxyl groups is 1. The number of rotatable bonds is 4. The molecule has 5 nitrogen and oxygen atoms in total. The summed E-state index contributed by atoms with van der Waals surface area (Å²) in [5.74, 6) is -0.239. The van der Waals surface area contributed by atoms with Gasteiger partial charge in [-0.1, -0.05) is 0 Å². The number of phenolic OH excluding ortho intramolecular Hbond substituents is 1. The number of benzene rings is 1. The molecule has 1 aromatic rings. The van der Waals surface area contributed by atoms with Gasteiger partial charge in [0, 0.05) is 23.4 Å². The van der Waals surface area contributed by atoms with Gasteiger partial charge in [0.1, 0.15) is 5.75 Å². The van der Waals surface area contributed by atoms with Crippen LogP contribution in [0.2, 0.25) is 0 Å². The Labute approximate surface area is 99.6 Å². The molecule has 1 unspecified atom stereocenters. The second-order valence-corrected chi connectivity index (χ2v) is 3.74. The number of nitrogen functional groups attached to an aromatic ring is 1. The molecule has 0 saturated heterocycles. The largest absolute Gasteiger partial charge is 0.508 e. The van der Waals surface area contributed by atoms with Crippen molar-refractivity contribution in [2.24, 2.45) is 0 Å². The maximum Gasteiger partial charge on any atom is 0.244 e. The molecule has 1 rings (SSSR count). The van der Waals surface area contributed by atoms with Crippen molar-refractivity contribution < 1.29 is 15.0 Å². The molecule has 0 fully saturated rings. The second kappa shape index (κ2) is 5.91. The van der Waals surface area contributed by atoms with E-state index in [0.29, 0.717) is 11.3 Å². The van der Waals surface area contributed by atoms with E-state index in [4.69, 9.17) is 10.8 Å². The summed E-state index contributed by atoms with van der Waals surface area (Å²) in [5, 5.41) is 20.6. The van der Waals surface area contributed by atoms with Crippen LogP contribution in [0.15, 0.2) is 24.3 Å². The number of nitrogens with two attached hydrogens (primary N) is 1. The van der Waals surface area contributed by atoms with E-state index in [1.54, 1.807) is 13.0 Å². The molecule has 17 heavy (non-hydrogen) atoms. The Bertz CT molecular complexity index is 430. The fraction of sp³-hybridized carbons (Fsp3) is 0.250. The minimum atomic E-state index is -0.325. The lowest BCUT2D eigenvalue weighted by molar-refractivity contribution is -0.117. The van der Waals surface area contributed by atoms with E-state index in [9.17, 15) is 9.90 Å². The third-order valence-corrected chi connectivity index (χ3v) is 2.15. The van der Waals surface area contributed by atoms with Crippen molar-refractivity contribution in [3.05, 3.63) is 29.8 Å². The van der Waals surface area contributed by atoms with Gasteiger partial charge in [0.25, 0.3) is 0 Å². The molecule has 0 aliphatic heterocycles. The first-order valence-electron chi connectivity index (χ1n) is 5.21. The van der Waals surface area contributed by atoms with E-state index in [1.165, 1.54) is 24.3 Å². The highest BCUT2D eigenvalue weighted by Crippen LogP contribution is 2.19. The molecule has 0 aliphatic rings. The van der Waals surface area contributed by atoms with Crippen molar-refractivity contribution in [2.45, 2.75) is 13.0 Å². The monoisotopic (exact) mass is 236 g/mol. The lowest BCUT2D eigenvalue weighted by atomic mass is 10.1. The molecule has 0 heterocycles. The van der Waals surface area contributed by atoms with Gasteiger partial charge < -0.3 is 21.3 Å². The summed E-state index contributed by atoms with van der Waals surface area (Å²) in [7, 11) is 0. The number of carbonyl (C=O) groups is 1. The molecule has 0 saturated carbocycles. The zero-order valence-corrected chi connectivity index (χ0v) is 9.55. The Hall–Kier alpha value is -2.01. The summed E-state index contributed by atoms with van der Waals surface area (Å²) >= 11 is 0. The summed E-state index contributed by atoms with van der Waals surface area (Å²) in [4.78, 5) is 11.4. The Morgan fingerprint density at radius 2 is 2.29 bits per heavy atom. The van der Waals surface area contributed by atoms with E-state index in [0.717, 1.165) is 0 Å². The van der Waals surface area contributed by atoms with Crippen molar-refractivity contribution in [1.29, 1.82) is 0 Å². The van der Waals surface area contributed by atoms with Crippen LogP contribution in [0.3, 0.4) is 0 Å². The quantitative estimate of drug-likeness (QED) is 0.347. The fourth-order valence-corrected chi connectivity index (χ4v) is 1.21. The topological polar surface area (TPSA) is 95.6 Å². The van der Waals surface area contributed by atoms with Gasteiger partial charge >= 0.3 is 0 Å². The average Bonchev–Trinajstić information content (AvgIpc) is 2.30. The minimum Gasteiger partial charge on any atom is -0.508 e. The summed E-state index contributed by atoms with van der Waals surface area (Å²) in [6, 6.07) is 4.20. The molecule has 5 heteroatoms. The van der Waals surface area contributed by atoms with Crippen LogP contribution in [-0.2, 0) is 4.79 Å². The molecule has 92 valence electrons. The molecular weight excluding hydrogens is 220 g/mol. The molecule has 0 bridgehead atoms. The Morgan fingerprint density at radius 1 is 1.59 bits per heavy atom. The summed E-state index contributed by atoms with van der Waals surface area (Å²) in [6.45, 7) is 1.57. The Balaban J connectivity index is 2.70. The fourth-order valence-electron chi connectivity index (χ4n) is 1.21. The van der Waals surface area contributed by atoms with Gasteiger partial charge in [-0.05, 0) is 31.2 Å². The first kappa shape index (κ1) is 13.1. The van der Waals surface area contributed by atoms with E-state index < -0.39 is 0 Å². The van der Waals surface area contributed by atoms with Crippen LogP contribution in [0, 0.1) is 0 Å². The maximum atomic E-state index is 11.4. The van der Waals surface area contributed by atoms with Crippen LogP contribution in [-0.4, -0.2) is 28.8 Å². The first-order chi connectivity index (χ1) is 8.02. The molecule has 0 aliphatic carbocycles. The highest BCUT2D eigenvalue weighted by molar-refractivity contribution is 5.92. The number of phenols is 1. The third-order valence-electron chi connectivity index (χ3n) is 2.15. The number of hydrogen-bond donors (Lipinski definition) is 4.